The highest BCUT2D eigenvalue weighted by Crippen LogP contribution is 2.34. The van der Waals surface area contributed by atoms with E-state index >= 15 is 0 Å². The molecule has 0 radical (unpaired) electrons. The molecular formula is C26H39N3O4. The molecule has 7 nitrogen and oxygen atoms in total. The summed E-state index contributed by atoms with van der Waals surface area (Å²) in [4.78, 5) is 29.9. The Labute approximate surface area is 197 Å². The van der Waals surface area contributed by atoms with Crippen molar-refractivity contribution in [2.45, 2.75) is 58.4 Å². The number of benzene rings is 1. The fourth-order valence-electron chi connectivity index (χ4n) is 5.16. The van der Waals surface area contributed by atoms with Crippen molar-refractivity contribution >= 4 is 11.8 Å². The van der Waals surface area contributed by atoms with E-state index in [1.165, 1.54) is 19.3 Å². The molecule has 1 unspecified atom stereocenters. The molecule has 1 aromatic rings. The molecule has 182 valence electrons. The Morgan fingerprint density at radius 3 is 2.36 bits per heavy atom. The molecule has 0 spiro atoms. The smallest absolute Gasteiger partial charge is 0.234 e. The summed E-state index contributed by atoms with van der Waals surface area (Å²) < 4.78 is 11.6. The second-order valence-electron chi connectivity index (χ2n) is 9.98. The molecule has 1 atom stereocenters. The molecule has 3 aliphatic rings. The molecule has 2 heterocycles. The van der Waals surface area contributed by atoms with E-state index in [4.69, 9.17) is 9.47 Å². The molecule has 2 fully saturated rings. The van der Waals surface area contributed by atoms with Crippen LogP contribution in [0.25, 0.3) is 0 Å². The van der Waals surface area contributed by atoms with Gasteiger partial charge in [-0.25, -0.2) is 0 Å². The van der Waals surface area contributed by atoms with Crippen molar-refractivity contribution in [3.05, 3.63) is 23.8 Å². The van der Waals surface area contributed by atoms with E-state index < -0.39 is 0 Å². The number of hydrogen-bond donors (Lipinski definition) is 1. The summed E-state index contributed by atoms with van der Waals surface area (Å²) in [6, 6.07) is 5.87. The van der Waals surface area contributed by atoms with Gasteiger partial charge < -0.3 is 19.7 Å². The summed E-state index contributed by atoms with van der Waals surface area (Å²) in [7, 11) is 0. The Hall–Kier alpha value is -2.28. The molecular weight excluding hydrogens is 418 g/mol. The van der Waals surface area contributed by atoms with Crippen molar-refractivity contribution in [1.82, 2.24) is 15.1 Å². The predicted octanol–water partition coefficient (Wildman–Crippen LogP) is 3.39. The van der Waals surface area contributed by atoms with Gasteiger partial charge in [0.15, 0.2) is 11.5 Å². The maximum absolute atomic E-state index is 12.9. The molecule has 1 N–H and O–H groups in total. The Bertz CT molecular complexity index is 814. The fourth-order valence-corrected chi connectivity index (χ4v) is 5.16. The van der Waals surface area contributed by atoms with Crippen LogP contribution in [0, 0.1) is 11.8 Å². The first-order valence-electron chi connectivity index (χ1n) is 12.7. The van der Waals surface area contributed by atoms with Crippen molar-refractivity contribution in [3.8, 4) is 11.5 Å². The number of nitrogens with zero attached hydrogens (tertiary/aromatic N) is 2. The second-order valence-corrected chi connectivity index (χ2v) is 9.98. The van der Waals surface area contributed by atoms with E-state index in [0.29, 0.717) is 25.7 Å². The Morgan fingerprint density at radius 1 is 0.970 bits per heavy atom. The van der Waals surface area contributed by atoms with Crippen LogP contribution in [0.15, 0.2) is 18.2 Å². The number of amides is 2. The van der Waals surface area contributed by atoms with Crippen LogP contribution in [0.3, 0.4) is 0 Å². The minimum atomic E-state index is -0.0937. The van der Waals surface area contributed by atoms with Gasteiger partial charge >= 0.3 is 0 Å². The third kappa shape index (κ3) is 6.19. The van der Waals surface area contributed by atoms with Crippen LogP contribution in [0.2, 0.25) is 0 Å². The zero-order valence-corrected chi connectivity index (χ0v) is 20.2. The first kappa shape index (κ1) is 23.9. The number of fused-ring (bicyclic) bond motifs is 1. The summed E-state index contributed by atoms with van der Waals surface area (Å²) in [5, 5.41) is 3.23. The average Bonchev–Trinajstić information content (AvgIpc) is 3.08. The molecule has 7 heteroatoms. The van der Waals surface area contributed by atoms with Crippen LogP contribution in [-0.2, 0) is 9.59 Å². The molecule has 1 aliphatic carbocycles. The highest BCUT2D eigenvalue weighted by atomic mass is 16.5. The Balaban J connectivity index is 1.29. The van der Waals surface area contributed by atoms with Crippen molar-refractivity contribution in [3.63, 3.8) is 0 Å². The number of nitrogens with one attached hydrogen (secondary N) is 1. The molecule has 0 bridgehead atoms. The lowest BCUT2D eigenvalue weighted by atomic mass is 9.88. The zero-order chi connectivity index (χ0) is 23.2. The normalized spacial score (nSPS) is 20.9. The van der Waals surface area contributed by atoms with Crippen LogP contribution >= 0.6 is 0 Å². The van der Waals surface area contributed by atoms with E-state index in [-0.39, 0.29) is 23.8 Å². The van der Waals surface area contributed by atoms with Gasteiger partial charge in [-0.15, -0.1) is 0 Å². The second kappa shape index (κ2) is 11.2. The summed E-state index contributed by atoms with van der Waals surface area (Å²) in [5.74, 6) is 2.33. The maximum atomic E-state index is 12.9. The fraction of sp³-hybridized carbons (Fsp3) is 0.692. The number of ether oxygens (including phenoxy) is 2. The number of piperazine rings is 1. The van der Waals surface area contributed by atoms with Crippen molar-refractivity contribution < 1.29 is 19.1 Å². The summed E-state index contributed by atoms with van der Waals surface area (Å²) in [6.07, 6.45) is 6.56. The first-order chi connectivity index (χ1) is 16.0. The predicted molar refractivity (Wildman–Crippen MR) is 127 cm³/mol. The third-order valence-corrected chi connectivity index (χ3v) is 7.12. The van der Waals surface area contributed by atoms with Crippen LogP contribution in [0.5, 0.6) is 11.5 Å². The van der Waals surface area contributed by atoms with Crippen molar-refractivity contribution in [2.24, 2.45) is 11.8 Å². The van der Waals surface area contributed by atoms with Gasteiger partial charge in [-0.05, 0) is 36.5 Å². The van der Waals surface area contributed by atoms with E-state index in [2.05, 4.69) is 24.1 Å². The number of carbonyl (C=O) groups excluding carboxylic acids is 2. The van der Waals surface area contributed by atoms with Gasteiger partial charge in [0.05, 0.1) is 25.8 Å². The summed E-state index contributed by atoms with van der Waals surface area (Å²) >= 11 is 0. The largest absolute Gasteiger partial charge is 0.490 e. The van der Waals surface area contributed by atoms with Gasteiger partial charge in [0, 0.05) is 38.5 Å². The van der Waals surface area contributed by atoms with E-state index in [9.17, 15) is 9.59 Å². The highest BCUT2D eigenvalue weighted by molar-refractivity contribution is 5.80. The van der Waals surface area contributed by atoms with Gasteiger partial charge in [-0.1, -0.05) is 39.2 Å². The molecule has 4 rings (SSSR count). The van der Waals surface area contributed by atoms with Gasteiger partial charge in [0.25, 0.3) is 0 Å². The summed E-state index contributed by atoms with van der Waals surface area (Å²) in [6.45, 7) is 8.84. The van der Waals surface area contributed by atoms with Crippen LogP contribution in [0.1, 0.15) is 64.0 Å². The first-order valence-corrected chi connectivity index (χ1v) is 12.7. The molecule has 1 aromatic carbocycles. The Morgan fingerprint density at radius 2 is 1.67 bits per heavy atom. The lowest BCUT2D eigenvalue weighted by Crippen LogP contribution is -2.52. The molecule has 2 aliphatic heterocycles. The molecule has 33 heavy (non-hydrogen) atoms. The number of carbonyl (C=O) groups is 2. The van der Waals surface area contributed by atoms with E-state index in [1.807, 2.05) is 23.1 Å². The van der Waals surface area contributed by atoms with Crippen molar-refractivity contribution in [2.75, 3.05) is 45.9 Å². The minimum absolute atomic E-state index is 0.0212. The van der Waals surface area contributed by atoms with Crippen LogP contribution in [0.4, 0.5) is 0 Å². The van der Waals surface area contributed by atoms with Gasteiger partial charge in [0.2, 0.25) is 11.8 Å². The molecule has 0 aromatic heterocycles. The van der Waals surface area contributed by atoms with Crippen LogP contribution in [-0.4, -0.2) is 67.6 Å². The molecule has 1 saturated carbocycles. The lowest BCUT2D eigenvalue weighted by Gasteiger charge is -2.37. The highest BCUT2D eigenvalue weighted by Gasteiger charge is 2.29. The third-order valence-electron chi connectivity index (χ3n) is 7.12. The summed E-state index contributed by atoms with van der Waals surface area (Å²) in [5.41, 5.74) is 1.03. The van der Waals surface area contributed by atoms with Crippen LogP contribution < -0.4 is 14.8 Å². The standard InChI is InChI=1S/C26H39N3O4/c1-19(2)25(21-9-10-22-23(17-21)33-16-6-15-32-22)27-24(30)18-28-11-13-29(14-12-28)26(31)20-7-4-3-5-8-20/h9-10,17,19-20,25H,3-8,11-16,18H2,1-2H3,(H,27,30). The lowest BCUT2D eigenvalue weighted by molar-refractivity contribution is -0.138. The Kier molecular flexibility index (Phi) is 8.12. The minimum Gasteiger partial charge on any atom is -0.490 e. The quantitative estimate of drug-likeness (QED) is 0.709. The topological polar surface area (TPSA) is 71.1 Å². The SMILES string of the molecule is CC(C)C(NC(=O)CN1CCN(C(=O)C2CCCCC2)CC1)c1ccc2c(c1)OCCCO2. The molecule has 2 amide bonds. The zero-order valence-electron chi connectivity index (χ0n) is 20.2. The van der Waals surface area contributed by atoms with E-state index in [0.717, 1.165) is 62.5 Å². The monoisotopic (exact) mass is 457 g/mol. The van der Waals surface area contributed by atoms with Gasteiger partial charge in [-0.3, -0.25) is 14.5 Å². The van der Waals surface area contributed by atoms with Gasteiger partial charge in [-0.2, -0.15) is 0 Å². The van der Waals surface area contributed by atoms with Crippen molar-refractivity contribution in [1.29, 1.82) is 0 Å². The number of rotatable bonds is 6. The molecule has 1 saturated heterocycles. The number of hydrogen-bond acceptors (Lipinski definition) is 5. The maximum Gasteiger partial charge on any atom is 0.234 e. The van der Waals surface area contributed by atoms with Gasteiger partial charge in [0.1, 0.15) is 0 Å². The average molecular weight is 458 g/mol. The van der Waals surface area contributed by atoms with E-state index in [1.54, 1.807) is 0 Å².